The summed E-state index contributed by atoms with van der Waals surface area (Å²) in [7, 11) is 1.92. The second-order valence-electron chi connectivity index (χ2n) is 5.77. The van der Waals surface area contributed by atoms with Gasteiger partial charge >= 0.3 is 0 Å². The smallest absolute Gasteiger partial charge is 0.239 e. The van der Waals surface area contributed by atoms with E-state index in [1.54, 1.807) is 0 Å². The number of piperidine rings is 1. The van der Waals surface area contributed by atoms with Gasteiger partial charge in [-0.3, -0.25) is 9.69 Å². The molecule has 0 aliphatic carbocycles. The molecule has 2 heterocycles. The Kier molecular flexibility index (Phi) is 5.01. The van der Waals surface area contributed by atoms with E-state index in [1.165, 1.54) is 19.3 Å². The molecule has 0 saturated carbocycles. The van der Waals surface area contributed by atoms with E-state index in [-0.39, 0.29) is 6.04 Å². The van der Waals surface area contributed by atoms with Gasteiger partial charge in [0.05, 0.1) is 6.04 Å². The zero-order valence-corrected chi connectivity index (χ0v) is 11.8. The summed E-state index contributed by atoms with van der Waals surface area (Å²) in [6.07, 6.45) is 4.77. The number of carbonyl (C=O) groups is 1. The van der Waals surface area contributed by atoms with Crippen molar-refractivity contribution in [2.24, 2.45) is 5.92 Å². The summed E-state index contributed by atoms with van der Waals surface area (Å²) < 4.78 is 0. The topological polar surface area (TPSA) is 35.6 Å². The molecule has 0 radical (unpaired) electrons. The molecule has 2 saturated heterocycles. The maximum Gasteiger partial charge on any atom is 0.239 e. The van der Waals surface area contributed by atoms with Crippen LogP contribution in [-0.2, 0) is 4.79 Å². The molecule has 2 unspecified atom stereocenters. The van der Waals surface area contributed by atoms with E-state index in [1.807, 2.05) is 11.9 Å². The SMILES string of the molecule is CCCNCC1CCCN(C2CCN(C)C2=O)C1. The van der Waals surface area contributed by atoms with Gasteiger partial charge in [-0.2, -0.15) is 0 Å². The van der Waals surface area contributed by atoms with Gasteiger partial charge in [-0.25, -0.2) is 0 Å². The highest BCUT2D eigenvalue weighted by Gasteiger charge is 2.35. The van der Waals surface area contributed by atoms with Gasteiger partial charge in [-0.1, -0.05) is 6.92 Å². The molecule has 2 aliphatic heterocycles. The van der Waals surface area contributed by atoms with Crippen molar-refractivity contribution in [2.75, 3.05) is 39.8 Å². The van der Waals surface area contributed by atoms with Crippen molar-refractivity contribution in [3.8, 4) is 0 Å². The van der Waals surface area contributed by atoms with Crippen molar-refractivity contribution in [1.29, 1.82) is 0 Å². The number of carbonyl (C=O) groups excluding carboxylic acids is 1. The first-order chi connectivity index (χ1) is 8.72. The first-order valence-corrected chi connectivity index (χ1v) is 7.42. The number of hydrogen-bond acceptors (Lipinski definition) is 3. The van der Waals surface area contributed by atoms with Crippen LogP contribution in [0.3, 0.4) is 0 Å². The van der Waals surface area contributed by atoms with Gasteiger partial charge < -0.3 is 10.2 Å². The van der Waals surface area contributed by atoms with Crippen LogP contribution >= 0.6 is 0 Å². The van der Waals surface area contributed by atoms with Gasteiger partial charge in [0.15, 0.2) is 0 Å². The van der Waals surface area contributed by atoms with Crippen LogP contribution in [0.15, 0.2) is 0 Å². The summed E-state index contributed by atoms with van der Waals surface area (Å²) in [5.41, 5.74) is 0. The minimum absolute atomic E-state index is 0.170. The molecule has 104 valence electrons. The Bertz CT molecular complexity index is 282. The summed E-state index contributed by atoms with van der Waals surface area (Å²) in [5.74, 6) is 1.06. The van der Waals surface area contributed by atoms with Crippen LogP contribution in [0.4, 0.5) is 0 Å². The largest absolute Gasteiger partial charge is 0.344 e. The zero-order valence-electron chi connectivity index (χ0n) is 11.8. The second-order valence-corrected chi connectivity index (χ2v) is 5.77. The minimum Gasteiger partial charge on any atom is -0.344 e. The molecule has 0 bridgehead atoms. The maximum absolute atomic E-state index is 12.0. The molecule has 2 rings (SSSR count). The highest BCUT2D eigenvalue weighted by molar-refractivity contribution is 5.83. The van der Waals surface area contributed by atoms with E-state index < -0.39 is 0 Å². The van der Waals surface area contributed by atoms with Crippen LogP contribution in [-0.4, -0.2) is 61.5 Å². The van der Waals surface area contributed by atoms with Crippen molar-refractivity contribution in [3.05, 3.63) is 0 Å². The molecule has 0 spiro atoms. The highest BCUT2D eigenvalue weighted by Crippen LogP contribution is 2.23. The lowest BCUT2D eigenvalue weighted by molar-refractivity contribution is -0.131. The molecule has 0 aromatic heterocycles. The fraction of sp³-hybridized carbons (Fsp3) is 0.929. The fourth-order valence-corrected chi connectivity index (χ4v) is 3.17. The fourth-order valence-electron chi connectivity index (χ4n) is 3.17. The van der Waals surface area contributed by atoms with Gasteiger partial charge in [-0.05, 0) is 51.2 Å². The number of likely N-dealkylation sites (tertiary alicyclic amines) is 2. The molecule has 1 N–H and O–H groups in total. The Hall–Kier alpha value is -0.610. The Morgan fingerprint density at radius 1 is 1.33 bits per heavy atom. The van der Waals surface area contributed by atoms with Gasteiger partial charge in [-0.15, -0.1) is 0 Å². The number of rotatable bonds is 5. The van der Waals surface area contributed by atoms with E-state index >= 15 is 0 Å². The van der Waals surface area contributed by atoms with E-state index in [2.05, 4.69) is 17.1 Å². The maximum atomic E-state index is 12.0. The third kappa shape index (κ3) is 3.23. The molecule has 2 fully saturated rings. The zero-order chi connectivity index (χ0) is 13.0. The van der Waals surface area contributed by atoms with Gasteiger partial charge in [0.2, 0.25) is 5.91 Å². The van der Waals surface area contributed by atoms with Crippen molar-refractivity contribution >= 4 is 5.91 Å². The normalized spacial score (nSPS) is 30.1. The van der Waals surface area contributed by atoms with Crippen LogP contribution in [0.1, 0.15) is 32.6 Å². The molecule has 0 aromatic rings. The Labute approximate surface area is 111 Å². The van der Waals surface area contributed by atoms with Crippen LogP contribution in [0, 0.1) is 5.92 Å². The minimum atomic E-state index is 0.170. The number of likely N-dealkylation sites (N-methyl/N-ethyl adjacent to an activating group) is 1. The number of hydrogen-bond donors (Lipinski definition) is 1. The second kappa shape index (κ2) is 6.53. The number of amides is 1. The predicted octanol–water partition coefficient (Wildman–Crippen LogP) is 0.929. The third-order valence-corrected chi connectivity index (χ3v) is 4.25. The summed E-state index contributed by atoms with van der Waals surface area (Å²) >= 11 is 0. The van der Waals surface area contributed by atoms with Crippen LogP contribution in [0.2, 0.25) is 0 Å². The quantitative estimate of drug-likeness (QED) is 0.740. The molecule has 0 aromatic carbocycles. The lowest BCUT2D eigenvalue weighted by Gasteiger charge is -2.35. The lowest BCUT2D eigenvalue weighted by atomic mass is 9.96. The molecule has 18 heavy (non-hydrogen) atoms. The molecular formula is C14H27N3O. The Balaban J connectivity index is 1.81. The monoisotopic (exact) mass is 253 g/mol. The predicted molar refractivity (Wildman–Crippen MR) is 73.5 cm³/mol. The number of nitrogens with one attached hydrogen (secondary N) is 1. The van der Waals surface area contributed by atoms with Gasteiger partial charge in [0, 0.05) is 20.1 Å². The van der Waals surface area contributed by atoms with Crippen LogP contribution in [0.5, 0.6) is 0 Å². The Morgan fingerprint density at radius 2 is 2.17 bits per heavy atom. The van der Waals surface area contributed by atoms with Crippen LogP contribution < -0.4 is 5.32 Å². The van der Waals surface area contributed by atoms with Crippen LogP contribution in [0.25, 0.3) is 0 Å². The first-order valence-electron chi connectivity index (χ1n) is 7.42. The van der Waals surface area contributed by atoms with Crippen molar-refractivity contribution in [1.82, 2.24) is 15.1 Å². The molecule has 2 aliphatic rings. The summed E-state index contributed by atoms with van der Waals surface area (Å²) in [4.78, 5) is 16.3. The molecule has 2 atom stereocenters. The van der Waals surface area contributed by atoms with E-state index in [4.69, 9.17) is 0 Å². The van der Waals surface area contributed by atoms with Crippen molar-refractivity contribution in [3.63, 3.8) is 0 Å². The first kappa shape index (κ1) is 13.8. The van der Waals surface area contributed by atoms with Crippen molar-refractivity contribution < 1.29 is 4.79 Å². The van der Waals surface area contributed by atoms with E-state index in [9.17, 15) is 4.79 Å². The average molecular weight is 253 g/mol. The molecule has 4 heteroatoms. The summed E-state index contributed by atoms with van der Waals surface area (Å²) in [5, 5.41) is 3.51. The summed E-state index contributed by atoms with van der Waals surface area (Å²) in [6.45, 7) is 7.56. The van der Waals surface area contributed by atoms with E-state index in [0.29, 0.717) is 5.91 Å². The third-order valence-electron chi connectivity index (χ3n) is 4.25. The number of nitrogens with zero attached hydrogens (tertiary/aromatic N) is 2. The highest BCUT2D eigenvalue weighted by atomic mass is 16.2. The standard InChI is InChI=1S/C14H27N3O/c1-3-7-15-10-12-5-4-8-17(11-12)13-6-9-16(2)14(13)18/h12-13,15H,3-11H2,1-2H3. The Morgan fingerprint density at radius 3 is 2.83 bits per heavy atom. The molecular weight excluding hydrogens is 226 g/mol. The lowest BCUT2D eigenvalue weighted by Crippen LogP contribution is -2.48. The summed E-state index contributed by atoms with van der Waals surface area (Å²) in [6, 6.07) is 0.170. The van der Waals surface area contributed by atoms with Gasteiger partial charge in [0.25, 0.3) is 0 Å². The van der Waals surface area contributed by atoms with E-state index in [0.717, 1.165) is 45.1 Å². The van der Waals surface area contributed by atoms with Gasteiger partial charge in [0.1, 0.15) is 0 Å². The molecule has 4 nitrogen and oxygen atoms in total. The average Bonchev–Trinajstić information content (AvgIpc) is 2.71. The molecule has 1 amide bonds. The van der Waals surface area contributed by atoms with Crippen molar-refractivity contribution in [2.45, 2.75) is 38.6 Å².